The first-order valence-corrected chi connectivity index (χ1v) is 5.45. The average molecular weight is 252 g/mol. The standard InChI is InChI=1S/C12H14F2N4/c1-7-8(6-18(2)17-7)5-16-12-10(13)3-9(15)4-11(12)14/h3-4,6,16H,5,15H2,1-2H3. The van der Waals surface area contributed by atoms with Gasteiger partial charge in [-0.3, -0.25) is 4.68 Å². The quantitative estimate of drug-likeness (QED) is 0.823. The van der Waals surface area contributed by atoms with Gasteiger partial charge in [0.25, 0.3) is 0 Å². The molecule has 0 radical (unpaired) electrons. The normalized spacial score (nSPS) is 10.7. The van der Waals surface area contributed by atoms with Crippen LogP contribution in [0.25, 0.3) is 0 Å². The molecule has 6 heteroatoms. The molecule has 1 aromatic heterocycles. The average Bonchev–Trinajstić information content (AvgIpc) is 2.55. The zero-order valence-electron chi connectivity index (χ0n) is 10.2. The van der Waals surface area contributed by atoms with E-state index in [-0.39, 0.29) is 11.4 Å². The van der Waals surface area contributed by atoms with Gasteiger partial charge in [0.15, 0.2) is 11.6 Å². The third-order valence-electron chi connectivity index (χ3n) is 2.64. The van der Waals surface area contributed by atoms with E-state index in [2.05, 4.69) is 10.4 Å². The van der Waals surface area contributed by atoms with E-state index in [1.807, 2.05) is 6.92 Å². The van der Waals surface area contributed by atoms with Gasteiger partial charge in [-0.1, -0.05) is 0 Å². The minimum atomic E-state index is -0.700. The van der Waals surface area contributed by atoms with Gasteiger partial charge in [0.2, 0.25) is 0 Å². The highest BCUT2D eigenvalue weighted by atomic mass is 19.1. The summed E-state index contributed by atoms with van der Waals surface area (Å²) >= 11 is 0. The number of hydrogen-bond acceptors (Lipinski definition) is 3. The molecule has 0 amide bonds. The van der Waals surface area contributed by atoms with Crippen molar-refractivity contribution in [2.75, 3.05) is 11.1 Å². The predicted molar refractivity (Wildman–Crippen MR) is 66.0 cm³/mol. The summed E-state index contributed by atoms with van der Waals surface area (Å²) < 4.78 is 28.7. The first kappa shape index (κ1) is 12.3. The fourth-order valence-corrected chi connectivity index (χ4v) is 1.77. The van der Waals surface area contributed by atoms with Crippen LogP contribution in [0.4, 0.5) is 20.2 Å². The van der Waals surface area contributed by atoms with Crippen molar-refractivity contribution in [3.63, 3.8) is 0 Å². The van der Waals surface area contributed by atoms with Crippen LogP contribution in [-0.2, 0) is 13.6 Å². The monoisotopic (exact) mass is 252 g/mol. The van der Waals surface area contributed by atoms with Gasteiger partial charge in [-0.15, -0.1) is 0 Å². The number of nitrogen functional groups attached to an aromatic ring is 1. The Balaban J connectivity index is 2.18. The lowest BCUT2D eigenvalue weighted by Gasteiger charge is -2.08. The second kappa shape index (κ2) is 4.64. The van der Waals surface area contributed by atoms with Crippen LogP contribution in [0.15, 0.2) is 18.3 Å². The Hall–Kier alpha value is -2.11. The molecule has 1 aromatic carbocycles. The Labute approximate surface area is 103 Å². The van der Waals surface area contributed by atoms with Gasteiger partial charge in [0, 0.05) is 31.0 Å². The molecule has 0 aliphatic carbocycles. The number of nitrogens with zero attached hydrogens (tertiary/aromatic N) is 2. The van der Waals surface area contributed by atoms with Crippen LogP contribution in [-0.4, -0.2) is 9.78 Å². The maximum absolute atomic E-state index is 13.5. The van der Waals surface area contributed by atoms with Gasteiger partial charge in [-0.25, -0.2) is 8.78 Å². The van der Waals surface area contributed by atoms with Crippen molar-refractivity contribution in [2.45, 2.75) is 13.5 Å². The minimum Gasteiger partial charge on any atom is -0.399 e. The highest BCUT2D eigenvalue weighted by Crippen LogP contribution is 2.22. The van der Waals surface area contributed by atoms with Gasteiger partial charge in [0.1, 0.15) is 5.69 Å². The summed E-state index contributed by atoms with van der Waals surface area (Å²) in [6, 6.07) is 2.17. The number of rotatable bonds is 3. The van der Waals surface area contributed by atoms with E-state index in [0.717, 1.165) is 23.4 Å². The summed E-state index contributed by atoms with van der Waals surface area (Å²) in [6.45, 7) is 2.14. The maximum atomic E-state index is 13.5. The highest BCUT2D eigenvalue weighted by molar-refractivity contribution is 5.54. The first-order valence-electron chi connectivity index (χ1n) is 5.45. The van der Waals surface area contributed by atoms with Crippen molar-refractivity contribution < 1.29 is 8.78 Å². The Bertz CT molecular complexity index is 554. The number of nitrogens with one attached hydrogen (secondary N) is 1. The number of hydrogen-bond donors (Lipinski definition) is 2. The largest absolute Gasteiger partial charge is 0.399 e. The molecule has 0 aliphatic rings. The molecule has 0 aliphatic heterocycles. The summed E-state index contributed by atoms with van der Waals surface area (Å²) in [5, 5.41) is 6.87. The predicted octanol–water partition coefficient (Wildman–Crippen LogP) is 2.20. The van der Waals surface area contributed by atoms with Crippen LogP contribution in [0.5, 0.6) is 0 Å². The fourth-order valence-electron chi connectivity index (χ4n) is 1.77. The third-order valence-corrected chi connectivity index (χ3v) is 2.64. The molecule has 1 heterocycles. The third kappa shape index (κ3) is 2.42. The molecule has 2 rings (SSSR count). The number of nitrogens with two attached hydrogens (primary N) is 1. The molecule has 4 nitrogen and oxygen atoms in total. The Kier molecular flexibility index (Phi) is 3.18. The van der Waals surface area contributed by atoms with Crippen LogP contribution >= 0.6 is 0 Å². The first-order chi connectivity index (χ1) is 8.47. The molecule has 0 unspecified atom stereocenters. The summed E-state index contributed by atoms with van der Waals surface area (Å²) in [6.07, 6.45) is 1.80. The van der Waals surface area contributed by atoms with E-state index in [9.17, 15) is 8.78 Å². The van der Waals surface area contributed by atoms with Crippen LogP contribution in [0, 0.1) is 18.6 Å². The summed E-state index contributed by atoms with van der Waals surface area (Å²) in [5.74, 6) is -1.40. The van der Waals surface area contributed by atoms with E-state index in [4.69, 9.17) is 5.73 Å². The Morgan fingerprint density at radius 3 is 2.44 bits per heavy atom. The molecule has 18 heavy (non-hydrogen) atoms. The van der Waals surface area contributed by atoms with Crippen LogP contribution in [0.2, 0.25) is 0 Å². The zero-order valence-corrected chi connectivity index (χ0v) is 10.2. The molecule has 0 bridgehead atoms. The van der Waals surface area contributed by atoms with E-state index in [1.54, 1.807) is 17.9 Å². The topological polar surface area (TPSA) is 55.9 Å². The molecule has 0 saturated carbocycles. The maximum Gasteiger partial charge on any atom is 0.151 e. The van der Waals surface area contributed by atoms with Crippen molar-refractivity contribution in [3.8, 4) is 0 Å². The van der Waals surface area contributed by atoms with Crippen LogP contribution in [0.3, 0.4) is 0 Å². The summed E-state index contributed by atoms with van der Waals surface area (Å²) in [4.78, 5) is 0. The van der Waals surface area contributed by atoms with Gasteiger partial charge in [-0.2, -0.15) is 5.10 Å². The zero-order chi connectivity index (χ0) is 13.3. The SMILES string of the molecule is Cc1nn(C)cc1CNc1c(F)cc(N)cc1F. The van der Waals surface area contributed by atoms with Crippen molar-refractivity contribution in [2.24, 2.45) is 7.05 Å². The van der Waals surface area contributed by atoms with Crippen LogP contribution < -0.4 is 11.1 Å². The molecular formula is C12H14F2N4. The van der Waals surface area contributed by atoms with E-state index < -0.39 is 11.6 Å². The Morgan fingerprint density at radius 2 is 1.94 bits per heavy atom. The van der Waals surface area contributed by atoms with Crippen molar-refractivity contribution in [1.29, 1.82) is 0 Å². The second-order valence-corrected chi connectivity index (χ2v) is 4.13. The summed E-state index contributed by atoms with van der Waals surface area (Å²) in [7, 11) is 1.79. The molecule has 0 saturated heterocycles. The lowest BCUT2D eigenvalue weighted by molar-refractivity contribution is 0.589. The number of halogens is 2. The van der Waals surface area contributed by atoms with Crippen LogP contribution in [0.1, 0.15) is 11.3 Å². The lowest BCUT2D eigenvalue weighted by atomic mass is 10.2. The lowest BCUT2D eigenvalue weighted by Crippen LogP contribution is -2.05. The van der Waals surface area contributed by atoms with Crippen molar-refractivity contribution in [3.05, 3.63) is 41.2 Å². The van der Waals surface area contributed by atoms with E-state index >= 15 is 0 Å². The van der Waals surface area contributed by atoms with Crippen molar-refractivity contribution >= 4 is 11.4 Å². The minimum absolute atomic E-state index is 0.0631. The molecule has 0 atom stereocenters. The summed E-state index contributed by atoms with van der Waals surface area (Å²) in [5.41, 5.74) is 6.93. The number of benzene rings is 1. The Morgan fingerprint density at radius 1 is 1.33 bits per heavy atom. The number of aryl methyl sites for hydroxylation is 2. The van der Waals surface area contributed by atoms with Gasteiger partial charge in [0.05, 0.1) is 5.69 Å². The van der Waals surface area contributed by atoms with Crippen molar-refractivity contribution in [1.82, 2.24) is 9.78 Å². The molecule has 96 valence electrons. The van der Waals surface area contributed by atoms with Gasteiger partial charge < -0.3 is 11.1 Å². The van der Waals surface area contributed by atoms with E-state index in [0.29, 0.717) is 6.54 Å². The second-order valence-electron chi connectivity index (χ2n) is 4.13. The van der Waals surface area contributed by atoms with Gasteiger partial charge >= 0.3 is 0 Å². The molecule has 2 aromatic rings. The molecule has 0 spiro atoms. The van der Waals surface area contributed by atoms with E-state index in [1.165, 1.54) is 0 Å². The smallest absolute Gasteiger partial charge is 0.151 e. The number of aromatic nitrogens is 2. The highest BCUT2D eigenvalue weighted by Gasteiger charge is 2.11. The molecule has 0 fully saturated rings. The molecule has 3 N–H and O–H groups in total. The fraction of sp³-hybridized carbons (Fsp3) is 0.250. The van der Waals surface area contributed by atoms with Gasteiger partial charge in [-0.05, 0) is 19.1 Å². The molecular weight excluding hydrogens is 238 g/mol. The number of anilines is 2.